The van der Waals surface area contributed by atoms with Gasteiger partial charge in [0.1, 0.15) is 11.8 Å². The number of esters is 1. The molecule has 1 N–H and O–H groups in total. The summed E-state index contributed by atoms with van der Waals surface area (Å²) in [5.74, 6) is 0.290. The summed E-state index contributed by atoms with van der Waals surface area (Å²) >= 11 is 6.07. The number of nitrogens with one attached hydrogen (secondary N) is 1. The highest BCUT2D eigenvalue weighted by molar-refractivity contribution is 6.32. The predicted molar refractivity (Wildman–Crippen MR) is 68.9 cm³/mol. The minimum absolute atomic E-state index is 0.303. The minimum Gasteiger partial charge on any atom is -0.495 e. The second kappa shape index (κ2) is 5.59. The van der Waals surface area contributed by atoms with Crippen molar-refractivity contribution in [3.8, 4) is 5.75 Å². The molecule has 0 aromatic heterocycles. The fourth-order valence-electron chi connectivity index (χ4n) is 1.77. The van der Waals surface area contributed by atoms with Crippen molar-refractivity contribution < 1.29 is 14.3 Å². The first-order valence-corrected chi connectivity index (χ1v) is 6.21. The molecule has 1 aliphatic carbocycles. The largest absolute Gasteiger partial charge is 0.495 e. The first kappa shape index (κ1) is 13.2. The molecule has 1 fully saturated rings. The third-order valence-electron chi connectivity index (χ3n) is 2.93. The van der Waals surface area contributed by atoms with Crippen LogP contribution in [-0.2, 0) is 9.53 Å². The fraction of sp³-hybridized carbons (Fsp3) is 0.462. The van der Waals surface area contributed by atoms with E-state index in [9.17, 15) is 4.79 Å². The lowest BCUT2D eigenvalue weighted by atomic mass is 10.1. The minimum atomic E-state index is -0.467. The molecule has 0 bridgehead atoms. The average molecular weight is 270 g/mol. The number of hydrogen-bond donors (Lipinski definition) is 1. The van der Waals surface area contributed by atoms with Gasteiger partial charge in [-0.3, -0.25) is 5.32 Å². The van der Waals surface area contributed by atoms with E-state index in [-0.39, 0.29) is 5.97 Å². The Bertz CT molecular complexity index is 446. The van der Waals surface area contributed by atoms with Crippen molar-refractivity contribution in [3.63, 3.8) is 0 Å². The topological polar surface area (TPSA) is 47.6 Å². The van der Waals surface area contributed by atoms with Gasteiger partial charge in [-0.15, -0.1) is 0 Å². The van der Waals surface area contributed by atoms with Crippen LogP contribution in [0.4, 0.5) is 0 Å². The van der Waals surface area contributed by atoms with Crippen molar-refractivity contribution in [2.24, 2.45) is 0 Å². The Morgan fingerprint density at radius 3 is 2.67 bits per heavy atom. The average Bonchev–Trinajstić information content (AvgIpc) is 3.19. The smallest absolute Gasteiger partial charge is 0.327 e. The van der Waals surface area contributed by atoms with E-state index in [1.165, 1.54) is 7.11 Å². The monoisotopic (exact) mass is 269 g/mol. The number of hydrogen-bond acceptors (Lipinski definition) is 4. The molecule has 1 atom stereocenters. The standard InChI is InChI=1S/C13H16ClNO3/c1-17-11-6-3-8(7-10(11)14)12(13(16)18-2)15-9-4-5-9/h3,6-7,9,12,15H,4-5H2,1-2H3. The van der Waals surface area contributed by atoms with Gasteiger partial charge in [-0.1, -0.05) is 17.7 Å². The van der Waals surface area contributed by atoms with E-state index in [0.717, 1.165) is 18.4 Å². The Balaban J connectivity index is 2.23. The SMILES string of the molecule is COC(=O)C(NC1CC1)c1ccc(OC)c(Cl)c1. The Labute approximate surface area is 111 Å². The lowest BCUT2D eigenvalue weighted by Crippen LogP contribution is -2.31. The van der Waals surface area contributed by atoms with Gasteiger partial charge in [-0.2, -0.15) is 0 Å². The first-order chi connectivity index (χ1) is 8.65. The Kier molecular flexibility index (Phi) is 4.09. The molecule has 98 valence electrons. The molecule has 0 aliphatic heterocycles. The number of benzene rings is 1. The maximum Gasteiger partial charge on any atom is 0.327 e. The van der Waals surface area contributed by atoms with E-state index >= 15 is 0 Å². The van der Waals surface area contributed by atoms with Crippen molar-refractivity contribution >= 4 is 17.6 Å². The number of carbonyl (C=O) groups excluding carboxylic acids is 1. The summed E-state index contributed by atoms with van der Waals surface area (Å²) < 4.78 is 9.91. The molecular weight excluding hydrogens is 254 g/mol. The van der Waals surface area contributed by atoms with Crippen molar-refractivity contribution in [3.05, 3.63) is 28.8 Å². The van der Waals surface area contributed by atoms with Crippen LogP contribution in [0.5, 0.6) is 5.75 Å². The summed E-state index contributed by atoms with van der Waals surface area (Å²) in [5, 5.41) is 3.74. The molecule has 0 spiro atoms. The van der Waals surface area contributed by atoms with Gasteiger partial charge >= 0.3 is 5.97 Å². The molecule has 2 rings (SSSR count). The van der Waals surface area contributed by atoms with Gasteiger partial charge in [0, 0.05) is 6.04 Å². The van der Waals surface area contributed by atoms with Crippen LogP contribution < -0.4 is 10.1 Å². The van der Waals surface area contributed by atoms with Gasteiger partial charge in [-0.25, -0.2) is 4.79 Å². The maximum absolute atomic E-state index is 11.8. The number of ether oxygens (including phenoxy) is 2. The van der Waals surface area contributed by atoms with E-state index in [2.05, 4.69) is 5.32 Å². The molecule has 18 heavy (non-hydrogen) atoms. The van der Waals surface area contributed by atoms with Crippen molar-refractivity contribution in [2.45, 2.75) is 24.9 Å². The molecule has 4 nitrogen and oxygen atoms in total. The van der Waals surface area contributed by atoms with Gasteiger partial charge in [0.25, 0.3) is 0 Å². The first-order valence-electron chi connectivity index (χ1n) is 5.83. The molecule has 0 amide bonds. The maximum atomic E-state index is 11.8. The highest BCUT2D eigenvalue weighted by atomic mass is 35.5. The quantitative estimate of drug-likeness (QED) is 0.834. The van der Waals surface area contributed by atoms with Gasteiger partial charge in [0.2, 0.25) is 0 Å². The van der Waals surface area contributed by atoms with Crippen molar-refractivity contribution in [1.82, 2.24) is 5.32 Å². The van der Waals surface area contributed by atoms with Crippen LogP contribution in [0.1, 0.15) is 24.4 Å². The zero-order valence-corrected chi connectivity index (χ0v) is 11.2. The van der Waals surface area contributed by atoms with Crippen LogP contribution in [-0.4, -0.2) is 26.2 Å². The summed E-state index contributed by atoms with van der Waals surface area (Å²) in [5.41, 5.74) is 0.791. The van der Waals surface area contributed by atoms with Crippen LogP contribution in [0.15, 0.2) is 18.2 Å². The molecule has 1 unspecified atom stereocenters. The van der Waals surface area contributed by atoms with Crippen molar-refractivity contribution in [2.75, 3.05) is 14.2 Å². The molecule has 0 heterocycles. The molecule has 1 aromatic rings. The molecule has 0 saturated heterocycles. The van der Waals surface area contributed by atoms with Crippen LogP contribution in [0.2, 0.25) is 5.02 Å². The molecule has 1 saturated carbocycles. The Morgan fingerprint density at radius 1 is 1.44 bits per heavy atom. The van der Waals surface area contributed by atoms with Crippen LogP contribution in [0.3, 0.4) is 0 Å². The van der Waals surface area contributed by atoms with Gasteiger partial charge in [0.15, 0.2) is 0 Å². The third kappa shape index (κ3) is 2.94. The highest BCUT2D eigenvalue weighted by Gasteiger charge is 2.30. The van der Waals surface area contributed by atoms with Gasteiger partial charge in [0.05, 0.1) is 19.2 Å². The van der Waals surface area contributed by atoms with Crippen LogP contribution in [0, 0.1) is 0 Å². The molecule has 5 heteroatoms. The molecule has 0 radical (unpaired) electrons. The lowest BCUT2D eigenvalue weighted by Gasteiger charge is -2.17. The summed E-state index contributed by atoms with van der Waals surface area (Å²) in [6.45, 7) is 0. The summed E-state index contributed by atoms with van der Waals surface area (Å²) in [4.78, 5) is 11.8. The predicted octanol–water partition coefficient (Wildman–Crippen LogP) is 2.31. The van der Waals surface area contributed by atoms with E-state index in [1.807, 2.05) is 6.07 Å². The van der Waals surface area contributed by atoms with Crippen LogP contribution in [0.25, 0.3) is 0 Å². The van der Waals surface area contributed by atoms with Gasteiger partial charge in [-0.05, 0) is 30.5 Å². The second-order valence-corrected chi connectivity index (χ2v) is 4.70. The molecule has 1 aliphatic rings. The number of halogens is 1. The fourth-order valence-corrected chi connectivity index (χ4v) is 2.03. The number of carbonyl (C=O) groups is 1. The zero-order chi connectivity index (χ0) is 13.1. The summed E-state index contributed by atoms with van der Waals surface area (Å²) in [7, 11) is 2.94. The van der Waals surface area contributed by atoms with Crippen LogP contribution >= 0.6 is 11.6 Å². The zero-order valence-electron chi connectivity index (χ0n) is 10.4. The molecule has 1 aromatic carbocycles. The lowest BCUT2D eigenvalue weighted by molar-refractivity contribution is -0.143. The number of rotatable bonds is 5. The normalized spacial score (nSPS) is 16.2. The Morgan fingerprint density at radius 2 is 2.17 bits per heavy atom. The van der Waals surface area contributed by atoms with Gasteiger partial charge < -0.3 is 9.47 Å². The third-order valence-corrected chi connectivity index (χ3v) is 3.22. The summed E-state index contributed by atoms with van der Waals surface area (Å²) in [6, 6.07) is 5.24. The van der Waals surface area contributed by atoms with E-state index in [1.54, 1.807) is 19.2 Å². The summed E-state index contributed by atoms with van der Waals surface area (Å²) in [6.07, 6.45) is 2.19. The van der Waals surface area contributed by atoms with Crippen molar-refractivity contribution in [1.29, 1.82) is 0 Å². The number of methoxy groups -OCH3 is 2. The second-order valence-electron chi connectivity index (χ2n) is 4.29. The Hall–Kier alpha value is -1.26. The highest BCUT2D eigenvalue weighted by Crippen LogP contribution is 2.30. The van der Waals surface area contributed by atoms with E-state index < -0.39 is 6.04 Å². The van der Waals surface area contributed by atoms with E-state index in [4.69, 9.17) is 21.1 Å². The van der Waals surface area contributed by atoms with E-state index in [0.29, 0.717) is 16.8 Å². The molecular formula is C13H16ClNO3.